The third-order valence-corrected chi connectivity index (χ3v) is 3.50. The highest BCUT2D eigenvalue weighted by Crippen LogP contribution is 2.18. The summed E-state index contributed by atoms with van der Waals surface area (Å²) in [5, 5.41) is 0. The predicted molar refractivity (Wildman–Crippen MR) is 65.2 cm³/mol. The molecule has 1 aliphatic heterocycles. The van der Waals surface area contributed by atoms with E-state index < -0.39 is 5.82 Å². The van der Waals surface area contributed by atoms with E-state index in [1.165, 1.54) is 12.3 Å². The van der Waals surface area contributed by atoms with Crippen molar-refractivity contribution in [1.82, 2.24) is 9.88 Å². The molecular weight excluding hydrogens is 243 g/mol. The van der Waals surface area contributed by atoms with Crippen LogP contribution in [0.15, 0.2) is 12.3 Å². The summed E-state index contributed by atoms with van der Waals surface area (Å²) in [5.74, 6) is 5.79. The normalized spacial score (nSPS) is 15.8. The third-order valence-electron chi connectivity index (χ3n) is 2.55. The number of halogens is 1. The Kier molecular flexibility index (Phi) is 3.80. The van der Waals surface area contributed by atoms with Crippen LogP contribution in [0.3, 0.4) is 0 Å². The minimum absolute atomic E-state index is 0.0138. The SMILES string of the molecule is NNc1nccc(C(=O)N2CCSCC2)c1F. The maximum absolute atomic E-state index is 13.8. The number of nitrogen functional groups attached to an aromatic ring is 1. The van der Waals surface area contributed by atoms with E-state index in [0.717, 1.165) is 11.5 Å². The number of hydrazine groups is 1. The summed E-state index contributed by atoms with van der Waals surface area (Å²) in [5.41, 5.74) is 2.15. The highest BCUT2D eigenvalue weighted by molar-refractivity contribution is 7.99. The van der Waals surface area contributed by atoms with Gasteiger partial charge in [0.15, 0.2) is 11.6 Å². The molecule has 5 nitrogen and oxygen atoms in total. The minimum atomic E-state index is -0.696. The zero-order chi connectivity index (χ0) is 12.3. The number of hydrogen-bond donors (Lipinski definition) is 2. The number of nitrogens with two attached hydrogens (primary N) is 1. The Morgan fingerprint density at radius 1 is 1.53 bits per heavy atom. The predicted octanol–water partition coefficient (Wildman–Crippen LogP) is 0.695. The molecule has 0 unspecified atom stereocenters. The first-order valence-corrected chi connectivity index (χ1v) is 6.37. The molecule has 0 radical (unpaired) electrons. The maximum Gasteiger partial charge on any atom is 0.257 e. The van der Waals surface area contributed by atoms with Gasteiger partial charge in [0.1, 0.15) is 0 Å². The lowest BCUT2D eigenvalue weighted by Crippen LogP contribution is -2.38. The largest absolute Gasteiger partial charge is 0.337 e. The molecule has 17 heavy (non-hydrogen) atoms. The minimum Gasteiger partial charge on any atom is -0.337 e. The Bertz CT molecular complexity index is 423. The molecule has 1 aromatic heterocycles. The smallest absolute Gasteiger partial charge is 0.257 e. The molecule has 0 aliphatic carbocycles. The van der Waals surface area contributed by atoms with E-state index in [1.54, 1.807) is 16.7 Å². The van der Waals surface area contributed by atoms with Crippen molar-refractivity contribution < 1.29 is 9.18 Å². The van der Waals surface area contributed by atoms with Gasteiger partial charge in [-0.2, -0.15) is 11.8 Å². The van der Waals surface area contributed by atoms with Gasteiger partial charge in [-0.1, -0.05) is 0 Å². The van der Waals surface area contributed by atoms with Crippen molar-refractivity contribution in [3.63, 3.8) is 0 Å². The number of hydrogen-bond acceptors (Lipinski definition) is 5. The van der Waals surface area contributed by atoms with E-state index in [1.807, 2.05) is 0 Å². The highest BCUT2D eigenvalue weighted by atomic mass is 32.2. The highest BCUT2D eigenvalue weighted by Gasteiger charge is 2.22. The first-order chi connectivity index (χ1) is 8.24. The monoisotopic (exact) mass is 256 g/mol. The van der Waals surface area contributed by atoms with Crippen LogP contribution >= 0.6 is 11.8 Å². The van der Waals surface area contributed by atoms with Gasteiger partial charge >= 0.3 is 0 Å². The molecule has 0 saturated carbocycles. The fraction of sp³-hybridized carbons (Fsp3) is 0.400. The molecule has 7 heteroatoms. The Balaban J connectivity index is 2.23. The molecule has 1 amide bonds. The van der Waals surface area contributed by atoms with Crippen LogP contribution in [0.25, 0.3) is 0 Å². The Morgan fingerprint density at radius 2 is 2.24 bits per heavy atom. The number of nitrogens with one attached hydrogen (secondary N) is 1. The van der Waals surface area contributed by atoms with Gasteiger partial charge in [0.25, 0.3) is 5.91 Å². The van der Waals surface area contributed by atoms with Crippen molar-refractivity contribution >= 4 is 23.5 Å². The number of pyridine rings is 1. The summed E-state index contributed by atoms with van der Waals surface area (Å²) >= 11 is 1.79. The summed E-state index contributed by atoms with van der Waals surface area (Å²) in [6.45, 7) is 1.30. The zero-order valence-electron chi connectivity index (χ0n) is 9.15. The van der Waals surface area contributed by atoms with Crippen molar-refractivity contribution in [2.24, 2.45) is 5.84 Å². The maximum atomic E-state index is 13.8. The first-order valence-electron chi connectivity index (χ1n) is 5.22. The van der Waals surface area contributed by atoms with Gasteiger partial charge in [-0.05, 0) is 6.07 Å². The number of aromatic nitrogens is 1. The standard InChI is InChI=1S/C10H13FN4OS/c11-8-7(1-2-13-9(8)14-12)10(16)15-3-5-17-6-4-15/h1-2H,3-6,12H2,(H,13,14). The van der Waals surface area contributed by atoms with Crippen LogP contribution in [0, 0.1) is 5.82 Å². The van der Waals surface area contributed by atoms with E-state index in [-0.39, 0.29) is 17.3 Å². The second-order valence-corrected chi connectivity index (χ2v) is 4.79. The fourth-order valence-corrected chi connectivity index (χ4v) is 2.55. The van der Waals surface area contributed by atoms with E-state index in [0.29, 0.717) is 13.1 Å². The summed E-state index contributed by atoms with van der Waals surface area (Å²) < 4.78 is 13.8. The quantitative estimate of drug-likeness (QED) is 0.602. The van der Waals surface area contributed by atoms with E-state index in [4.69, 9.17) is 5.84 Å². The topological polar surface area (TPSA) is 71.2 Å². The van der Waals surface area contributed by atoms with Gasteiger partial charge in [-0.25, -0.2) is 15.2 Å². The number of carbonyl (C=O) groups excluding carboxylic acids is 1. The summed E-state index contributed by atoms with van der Waals surface area (Å²) in [6, 6.07) is 1.38. The van der Waals surface area contributed by atoms with Crippen LogP contribution in [0.5, 0.6) is 0 Å². The number of anilines is 1. The molecule has 2 heterocycles. The number of rotatable bonds is 2. The fourth-order valence-electron chi connectivity index (χ4n) is 1.65. The van der Waals surface area contributed by atoms with Crippen LogP contribution in [0.1, 0.15) is 10.4 Å². The molecular formula is C10H13FN4OS. The number of nitrogens with zero attached hydrogens (tertiary/aromatic N) is 2. The van der Waals surface area contributed by atoms with Gasteiger partial charge in [0, 0.05) is 30.8 Å². The van der Waals surface area contributed by atoms with Crippen LogP contribution in [0.4, 0.5) is 10.2 Å². The third kappa shape index (κ3) is 2.50. The summed E-state index contributed by atoms with van der Waals surface area (Å²) in [7, 11) is 0. The number of thioether (sulfide) groups is 1. The molecule has 0 spiro atoms. The zero-order valence-corrected chi connectivity index (χ0v) is 9.97. The second-order valence-electron chi connectivity index (χ2n) is 3.57. The van der Waals surface area contributed by atoms with Crippen molar-refractivity contribution in [1.29, 1.82) is 0 Å². The summed E-state index contributed by atoms with van der Waals surface area (Å²) in [6.07, 6.45) is 1.37. The van der Waals surface area contributed by atoms with Crippen molar-refractivity contribution in [3.05, 3.63) is 23.6 Å². The van der Waals surface area contributed by atoms with E-state index in [2.05, 4.69) is 10.4 Å². The van der Waals surface area contributed by atoms with Crippen molar-refractivity contribution in [2.75, 3.05) is 30.0 Å². The Hall–Kier alpha value is -1.34. The average molecular weight is 256 g/mol. The second kappa shape index (κ2) is 5.33. The number of carbonyl (C=O) groups is 1. The molecule has 1 saturated heterocycles. The van der Waals surface area contributed by atoms with Crippen LogP contribution < -0.4 is 11.3 Å². The van der Waals surface area contributed by atoms with Gasteiger partial charge < -0.3 is 10.3 Å². The lowest BCUT2D eigenvalue weighted by atomic mass is 10.2. The molecule has 0 aromatic carbocycles. The Morgan fingerprint density at radius 3 is 2.88 bits per heavy atom. The molecule has 3 N–H and O–H groups in total. The molecule has 2 rings (SSSR count). The molecule has 1 aromatic rings. The van der Waals surface area contributed by atoms with Gasteiger partial charge in [0.2, 0.25) is 0 Å². The van der Waals surface area contributed by atoms with Gasteiger partial charge in [-0.3, -0.25) is 4.79 Å². The van der Waals surface area contributed by atoms with Gasteiger partial charge in [0.05, 0.1) is 5.56 Å². The van der Waals surface area contributed by atoms with Crippen molar-refractivity contribution in [2.45, 2.75) is 0 Å². The average Bonchev–Trinajstić information content (AvgIpc) is 2.39. The Labute approximate surface area is 103 Å². The molecule has 1 aliphatic rings. The molecule has 92 valence electrons. The van der Waals surface area contributed by atoms with Gasteiger partial charge in [-0.15, -0.1) is 0 Å². The molecule has 1 fully saturated rings. The van der Waals surface area contributed by atoms with Crippen LogP contribution in [-0.4, -0.2) is 40.4 Å². The summed E-state index contributed by atoms with van der Waals surface area (Å²) in [4.78, 5) is 17.4. The number of amides is 1. The molecule has 0 bridgehead atoms. The van der Waals surface area contributed by atoms with E-state index >= 15 is 0 Å². The first kappa shape index (κ1) is 12.1. The van der Waals surface area contributed by atoms with Crippen molar-refractivity contribution in [3.8, 4) is 0 Å². The van der Waals surface area contributed by atoms with Crippen LogP contribution in [0.2, 0.25) is 0 Å². The van der Waals surface area contributed by atoms with Crippen LogP contribution in [-0.2, 0) is 0 Å². The lowest BCUT2D eigenvalue weighted by molar-refractivity contribution is 0.0767. The lowest BCUT2D eigenvalue weighted by Gasteiger charge is -2.26. The van der Waals surface area contributed by atoms with E-state index in [9.17, 15) is 9.18 Å². The molecule has 0 atom stereocenters.